The van der Waals surface area contributed by atoms with Crippen molar-refractivity contribution in [2.24, 2.45) is 0 Å². The number of fused-ring (bicyclic) bond motifs is 1. The van der Waals surface area contributed by atoms with Crippen LogP contribution in [0.3, 0.4) is 0 Å². The zero-order valence-electron chi connectivity index (χ0n) is 14.7. The molecule has 0 saturated heterocycles. The molecule has 0 unspecified atom stereocenters. The van der Waals surface area contributed by atoms with Gasteiger partial charge in [0, 0.05) is 23.6 Å². The molecule has 0 aliphatic carbocycles. The van der Waals surface area contributed by atoms with Crippen molar-refractivity contribution < 1.29 is 14.3 Å². The Kier molecular flexibility index (Phi) is 6.15. The summed E-state index contributed by atoms with van der Waals surface area (Å²) in [4.78, 5) is 25.1. The Balaban J connectivity index is 1.72. The number of ether oxygens (including phenoxy) is 1. The highest BCUT2D eigenvalue weighted by Gasteiger charge is 2.10. The number of thiophene rings is 1. The van der Waals surface area contributed by atoms with E-state index in [1.807, 2.05) is 42.5 Å². The third kappa shape index (κ3) is 4.18. The number of rotatable bonds is 8. The van der Waals surface area contributed by atoms with Gasteiger partial charge >= 0.3 is 0 Å². The highest BCUT2D eigenvalue weighted by molar-refractivity contribution is 7.17. The minimum atomic E-state index is -0.0784. The molecule has 0 bridgehead atoms. The van der Waals surface area contributed by atoms with Crippen LogP contribution in [-0.4, -0.2) is 32.0 Å². The summed E-state index contributed by atoms with van der Waals surface area (Å²) < 4.78 is 5.37. The minimum absolute atomic E-state index is 0.0784. The summed E-state index contributed by atoms with van der Waals surface area (Å²) >= 11 is 1.46. The molecule has 3 rings (SSSR count). The van der Waals surface area contributed by atoms with E-state index in [2.05, 4.69) is 18.3 Å². The van der Waals surface area contributed by atoms with Crippen LogP contribution >= 0.6 is 11.3 Å². The quantitative estimate of drug-likeness (QED) is 0.470. The predicted octanol–water partition coefficient (Wildman–Crippen LogP) is 4.54. The van der Waals surface area contributed by atoms with E-state index in [1.165, 1.54) is 11.3 Å². The fraction of sp³-hybridized carbons (Fsp3) is 0.238. The molecule has 134 valence electrons. The number of carbonyl (C=O) groups is 2. The number of hydrogen-bond acceptors (Lipinski definition) is 4. The molecule has 0 aliphatic rings. The lowest BCUT2D eigenvalue weighted by atomic mass is 10.0. The number of carbonyl (C=O) groups excluding carboxylic acids is 2. The fourth-order valence-corrected chi connectivity index (χ4v) is 3.67. The van der Waals surface area contributed by atoms with Crippen LogP contribution in [0.2, 0.25) is 0 Å². The maximum atomic E-state index is 12.2. The van der Waals surface area contributed by atoms with Gasteiger partial charge in [0.25, 0.3) is 5.91 Å². The van der Waals surface area contributed by atoms with Crippen molar-refractivity contribution >= 4 is 34.3 Å². The molecule has 0 spiro atoms. The van der Waals surface area contributed by atoms with Crippen LogP contribution in [0.1, 0.15) is 33.4 Å². The molecule has 4 nitrogen and oxygen atoms in total. The van der Waals surface area contributed by atoms with E-state index < -0.39 is 0 Å². The molecular formula is C21H21NO3S. The SMILES string of the molecule is CCCOCCNC(=O)c1ccc(-c2ccc3c(C=O)cccc3c2)s1. The molecular weight excluding hydrogens is 346 g/mol. The lowest BCUT2D eigenvalue weighted by molar-refractivity contribution is 0.0919. The molecule has 1 amide bonds. The first-order valence-corrected chi connectivity index (χ1v) is 9.48. The molecule has 1 aromatic heterocycles. The molecule has 3 aromatic rings. The second-order valence-corrected chi connectivity index (χ2v) is 7.02. The van der Waals surface area contributed by atoms with Crippen LogP contribution < -0.4 is 5.32 Å². The van der Waals surface area contributed by atoms with Crippen LogP contribution in [0.15, 0.2) is 48.5 Å². The first-order valence-electron chi connectivity index (χ1n) is 8.67. The Labute approximate surface area is 156 Å². The van der Waals surface area contributed by atoms with E-state index in [-0.39, 0.29) is 5.91 Å². The topological polar surface area (TPSA) is 55.4 Å². The normalized spacial score (nSPS) is 10.8. The molecule has 26 heavy (non-hydrogen) atoms. The van der Waals surface area contributed by atoms with Gasteiger partial charge in [-0.05, 0) is 41.0 Å². The zero-order valence-corrected chi connectivity index (χ0v) is 15.5. The molecule has 1 N–H and O–H groups in total. The maximum Gasteiger partial charge on any atom is 0.261 e. The Morgan fingerprint density at radius 2 is 2.04 bits per heavy atom. The summed E-state index contributed by atoms with van der Waals surface area (Å²) in [5.41, 5.74) is 1.72. The van der Waals surface area contributed by atoms with Gasteiger partial charge in [-0.2, -0.15) is 0 Å². The van der Waals surface area contributed by atoms with Crippen molar-refractivity contribution in [2.45, 2.75) is 13.3 Å². The van der Waals surface area contributed by atoms with Gasteiger partial charge in [-0.15, -0.1) is 11.3 Å². The monoisotopic (exact) mass is 367 g/mol. The van der Waals surface area contributed by atoms with E-state index in [0.717, 1.165) is 33.9 Å². The third-order valence-corrected chi connectivity index (χ3v) is 5.17. The second kappa shape index (κ2) is 8.74. The smallest absolute Gasteiger partial charge is 0.261 e. The van der Waals surface area contributed by atoms with Gasteiger partial charge in [0.15, 0.2) is 6.29 Å². The van der Waals surface area contributed by atoms with E-state index in [1.54, 1.807) is 0 Å². The number of nitrogens with one attached hydrogen (secondary N) is 1. The summed E-state index contributed by atoms with van der Waals surface area (Å²) in [5.74, 6) is -0.0784. The minimum Gasteiger partial charge on any atom is -0.380 e. The molecule has 5 heteroatoms. The summed E-state index contributed by atoms with van der Waals surface area (Å²) in [6.45, 7) is 3.81. The van der Waals surface area contributed by atoms with Gasteiger partial charge in [-0.1, -0.05) is 37.3 Å². The zero-order chi connectivity index (χ0) is 18.4. The summed E-state index contributed by atoms with van der Waals surface area (Å²) in [6, 6.07) is 15.5. The van der Waals surface area contributed by atoms with E-state index in [4.69, 9.17) is 4.74 Å². The predicted molar refractivity (Wildman–Crippen MR) is 106 cm³/mol. The molecule has 2 aromatic carbocycles. The Bertz CT molecular complexity index is 917. The lowest BCUT2D eigenvalue weighted by Gasteiger charge is -2.05. The van der Waals surface area contributed by atoms with Gasteiger partial charge < -0.3 is 10.1 Å². The van der Waals surface area contributed by atoms with Gasteiger partial charge in [-0.25, -0.2) is 0 Å². The fourth-order valence-electron chi connectivity index (χ4n) is 2.75. The Hall–Kier alpha value is -2.50. The van der Waals surface area contributed by atoms with E-state index in [0.29, 0.717) is 30.2 Å². The first-order chi connectivity index (χ1) is 12.7. The number of hydrogen-bond donors (Lipinski definition) is 1. The van der Waals surface area contributed by atoms with Gasteiger partial charge in [0.05, 0.1) is 11.5 Å². The van der Waals surface area contributed by atoms with Crippen molar-refractivity contribution in [2.75, 3.05) is 19.8 Å². The Morgan fingerprint density at radius 1 is 1.15 bits per heavy atom. The molecule has 0 radical (unpaired) electrons. The maximum absolute atomic E-state index is 12.2. The summed E-state index contributed by atoms with van der Waals surface area (Å²) in [7, 11) is 0. The highest BCUT2D eigenvalue weighted by Crippen LogP contribution is 2.31. The molecule has 0 atom stereocenters. The Morgan fingerprint density at radius 3 is 2.85 bits per heavy atom. The standard InChI is InChI=1S/C21H21NO3S/c1-2-11-25-12-10-22-21(24)20-9-8-19(26-20)16-6-7-18-15(13-16)4-3-5-17(18)14-23/h3-9,13-14H,2,10-12H2,1H3,(H,22,24). The van der Waals surface area contributed by atoms with Crippen LogP contribution in [0.25, 0.3) is 21.2 Å². The van der Waals surface area contributed by atoms with Crippen LogP contribution in [0.4, 0.5) is 0 Å². The van der Waals surface area contributed by atoms with E-state index in [9.17, 15) is 9.59 Å². The largest absolute Gasteiger partial charge is 0.380 e. The first kappa shape index (κ1) is 18.3. The van der Waals surface area contributed by atoms with Crippen molar-refractivity contribution in [3.63, 3.8) is 0 Å². The highest BCUT2D eigenvalue weighted by atomic mass is 32.1. The van der Waals surface area contributed by atoms with E-state index >= 15 is 0 Å². The lowest BCUT2D eigenvalue weighted by Crippen LogP contribution is -2.26. The molecule has 0 aliphatic heterocycles. The molecule has 0 fully saturated rings. The second-order valence-electron chi connectivity index (χ2n) is 5.93. The van der Waals surface area contributed by atoms with Crippen LogP contribution in [-0.2, 0) is 4.74 Å². The van der Waals surface area contributed by atoms with Gasteiger partial charge in [-0.3, -0.25) is 9.59 Å². The average Bonchev–Trinajstić information content (AvgIpc) is 3.17. The van der Waals surface area contributed by atoms with Gasteiger partial charge in [0.2, 0.25) is 0 Å². The van der Waals surface area contributed by atoms with Crippen molar-refractivity contribution in [3.05, 3.63) is 59.0 Å². The van der Waals surface area contributed by atoms with Crippen molar-refractivity contribution in [1.82, 2.24) is 5.32 Å². The number of aldehydes is 1. The van der Waals surface area contributed by atoms with Crippen molar-refractivity contribution in [3.8, 4) is 10.4 Å². The number of benzene rings is 2. The van der Waals surface area contributed by atoms with Gasteiger partial charge in [0.1, 0.15) is 0 Å². The molecule has 0 saturated carbocycles. The summed E-state index contributed by atoms with van der Waals surface area (Å²) in [5, 5.41) is 4.83. The van der Waals surface area contributed by atoms with Crippen molar-refractivity contribution in [1.29, 1.82) is 0 Å². The third-order valence-electron chi connectivity index (χ3n) is 4.04. The molecule has 1 heterocycles. The van der Waals surface area contributed by atoms with Crippen LogP contribution in [0, 0.1) is 0 Å². The summed E-state index contributed by atoms with van der Waals surface area (Å²) in [6.07, 6.45) is 1.85. The number of amides is 1. The van der Waals surface area contributed by atoms with Crippen LogP contribution in [0.5, 0.6) is 0 Å². The average molecular weight is 367 g/mol.